The van der Waals surface area contributed by atoms with Crippen LogP contribution in [0.5, 0.6) is 0 Å². The molecule has 0 aliphatic carbocycles. The van der Waals surface area contributed by atoms with Gasteiger partial charge in [-0.2, -0.15) is 0 Å². The summed E-state index contributed by atoms with van der Waals surface area (Å²) in [6.45, 7) is 6.00. The van der Waals surface area contributed by atoms with Gasteiger partial charge >= 0.3 is 0 Å². The maximum absolute atomic E-state index is 12.1. The molecule has 5 heteroatoms. The zero-order valence-electron chi connectivity index (χ0n) is 14.4. The number of rotatable bonds is 5. The predicted octanol–water partition coefficient (Wildman–Crippen LogP) is 1.67. The Bertz CT molecular complexity index is 521. The summed E-state index contributed by atoms with van der Waals surface area (Å²) < 4.78 is 5.48. The molecule has 0 spiro atoms. The van der Waals surface area contributed by atoms with Crippen molar-refractivity contribution in [3.8, 4) is 0 Å². The van der Waals surface area contributed by atoms with Gasteiger partial charge < -0.3 is 15.4 Å². The van der Waals surface area contributed by atoms with Gasteiger partial charge in [-0.05, 0) is 37.1 Å². The second-order valence-electron chi connectivity index (χ2n) is 6.79. The van der Waals surface area contributed by atoms with E-state index in [2.05, 4.69) is 39.8 Å². The third-order valence-corrected chi connectivity index (χ3v) is 4.78. The Balaban J connectivity index is 1.50. The van der Waals surface area contributed by atoms with Crippen molar-refractivity contribution < 1.29 is 9.53 Å². The Morgan fingerprint density at radius 2 is 2.00 bits per heavy atom. The van der Waals surface area contributed by atoms with Crippen molar-refractivity contribution in [2.75, 3.05) is 32.8 Å². The van der Waals surface area contributed by atoms with Gasteiger partial charge in [-0.25, -0.2) is 0 Å². The summed E-state index contributed by atoms with van der Waals surface area (Å²) in [6, 6.07) is 8.56. The van der Waals surface area contributed by atoms with Crippen LogP contribution in [-0.4, -0.2) is 49.7 Å². The zero-order valence-corrected chi connectivity index (χ0v) is 14.4. The Morgan fingerprint density at radius 3 is 2.75 bits per heavy atom. The largest absolute Gasteiger partial charge is 0.366 e. The lowest BCUT2D eigenvalue weighted by Crippen LogP contribution is -2.47. The third-order valence-electron chi connectivity index (χ3n) is 4.78. The van der Waals surface area contributed by atoms with Gasteiger partial charge in [0.25, 0.3) is 5.91 Å². The van der Waals surface area contributed by atoms with E-state index in [1.807, 2.05) is 0 Å². The molecule has 5 nitrogen and oxygen atoms in total. The van der Waals surface area contributed by atoms with E-state index >= 15 is 0 Å². The number of nitrogens with zero attached hydrogens (tertiary/aromatic N) is 1. The second kappa shape index (κ2) is 9.16. The topological polar surface area (TPSA) is 53.6 Å². The van der Waals surface area contributed by atoms with E-state index in [-0.39, 0.29) is 12.0 Å². The van der Waals surface area contributed by atoms with Gasteiger partial charge in [0.1, 0.15) is 6.10 Å². The van der Waals surface area contributed by atoms with Gasteiger partial charge in [0.2, 0.25) is 0 Å². The van der Waals surface area contributed by atoms with Gasteiger partial charge in [-0.3, -0.25) is 9.69 Å². The van der Waals surface area contributed by atoms with E-state index in [0.29, 0.717) is 19.7 Å². The minimum absolute atomic E-state index is 0.0277. The number of hydrogen-bond donors (Lipinski definition) is 2. The molecule has 0 aromatic heterocycles. The number of carbonyl (C=O) groups is 1. The van der Waals surface area contributed by atoms with Gasteiger partial charge in [-0.15, -0.1) is 0 Å². The van der Waals surface area contributed by atoms with Gasteiger partial charge in [0, 0.05) is 26.2 Å². The van der Waals surface area contributed by atoms with Crippen LogP contribution < -0.4 is 10.6 Å². The van der Waals surface area contributed by atoms with Crippen LogP contribution in [-0.2, 0) is 22.6 Å². The molecule has 1 aromatic carbocycles. The van der Waals surface area contributed by atoms with Crippen molar-refractivity contribution in [1.82, 2.24) is 15.5 Å². The normalized spacial score (nSPS) is 22.8. The molecule has 1 atom stereocenters. The third kappa shape index (κ3) is 5.30. The number of carbonyl (C=O) groups excluding carboxylic acids is 1. The van der Waals surface area contributed by atoms with E-state index in [1.54, 1.807) is 0 Å². The van der Waals surface area contributed by atoms with E-state index in [0.717, 1.165) is 18.7 Å². The molecule has 1 amide bonds. The number of benzene rings is 1. The standard InChI is InChI=1S/C19H29N3O2/c23-19(18-14-20-8-11-24-18)21-13-16-6-5-7-17(12-16)15-22-9-3-1-2-4-10-22/h5-7,12,18,20H,1-4,8-11,13-15H2,(H,21,23). The van der Waals surface area contributed by atoms with Crippen LogP contribution in [0.25, 0.3) is 0 Å². The molecular formula is C19H29N3O2. The first-order valence-electron chi connectivity index (χ1n) is 9.21. The summed E-state index contributed by atoms with van der Waals surface area (Å²) in [4.78, 5) is 14.7. The quantitative estimate of drug-likeness (QED) is 0.862. The highest BCUT2D eigenvalue weighted by Crippen LogP contribution is 2.14. The monoisotopic (exact) mass is 331 g/mol. The molecule has 2 saturated heterocycles. The van der Waals surface area contributed by atoms with E-state index in [4.69, 9.17) is 4.74 Å². The number of morpholine rings is 1. The second-order valence-corrected chi connectivity index (χ2v) is 6.79. The van der Waals surface area contributed by atoms with E-state index in [9.17, 15) is 4.79 Å². The SMILES string of the molecule is O=C(NCc1cccc(CN2CCCCCC2)c1)C1CNCCO1. The number of ether oxygens (including phenoxy) is 1. The first-order chi connectivity index (χ1) is 11.8. The van der Waals surface area contributed by atoms with Gasteiger partial charge in [-0.1, -0.05) is 37.1 Å². The molecule has 2 aliphatic rings. The Labute approximate surface area is 144 Å². The van der Waals surface area contributed by atoms with Crippen molar-refractivity contribution in [1.29, 1.82) is 0 Å². The molecule has 2 aliphatic heterocycles. The number of likely N-dealkylation sites (tertiary alicyclic amines) is 1. The van der Waals surface area contributed by atoms with Gasteiger partial charge in [0.15, 0.2) is 0 Å². The molecule has 2 N–H and O–H groups in total. The molecule has 3 rings (SSSR count). The lowest BCUT2D eigenvalue weighted by atomic mass is 10.1. The molecule has 24 heavy (non-hydrogen) atoms. The lowest BCUT2D eigenvalue weighted by Gasteiger charge is -2.23. The molecule has 0 radical (unpaired) electrons. The van der Waals surface area contributed by atoms with E-state index < -0.39 is 0 Å². The van der Waals surface area contributed by atoms with E-state index in [1.165, 1.54) is 44.3 Å². The summed E-state index contributed by atoms with van der Waals surface area (Å²) in [5, 5.41) is 6.17. The maximum atomic E-state index is 12.1. The fourth-order valence-electron chi connectivity index (χ4n) is 3.43. The minimum atomic E-state index is -0.362. The Morgan fingerprint density at radius 1 is 1.21 bits per heavy atom. The highest BCUT2D eigenvalue weighted by molar-refractivity contribution is 5.81. The van der Waals surface area contributed by atoms with Crippen LogP contribution in [0, 0.1) is 0 Å². The summed E-state index contributed by atoms with van der Waals surface area (Å²) in [6.07, 6.45) is 4.98. The summed E-state index contributed by atoms with van der Waals surface area (Å²) in [5.74, 6) is -0.0277. The van der Waals surface area contributed by atoms with Gasteiger partial charge in [0.05, 0.1) is 6.61 Å². The van der Waals surface area contributed by atoms with Crippen LogP contribution in [0.1, 0.15) is 36.8 Å². The molecule has 2 heterocycles. The minimum Gasteiger partial charge on any atom is -0.366 e. The van der Waals surface area contributed by atoms with Crippen molar-refractivity contribution >= 4 is 5.91 Å². The van der Waals surface area contributed by atoms with Crippen LogP contribution >= 0.6 is 0 Å². The first kappa shape index (κ1) is 17.4. The van der Waals surface area contributed by atoms with Crippen molar-refractivity contribution in [3.63, 3.8) is 0 Å². The van der Waals surface area contributed by atoms with Crippen LogP contribution in [0.4, 0.5) is 0 Å². The Hall–Kier alpha value is -1.43. The van der Waals surface area contributed by atoms with Crippen molar-refractivity contribution in [2.45, 2.75) is 44.9 Å². The van der Waals surface area contributed by atoms with Crippen molar-refractivity contribution in [3.05, 3.63) is 35.4 Å². The summed E-state index contributed by atoms with van der Waals surface area (Å²) in [5.41, 5.74) is 2.48. The molecular weight excluding hydrogens is 302 g/mol. The first-order valence-corrected chi connectivity index (χ1v) is 9.21. The molecule has 1 aromatic rings. The fraction of sp³-hybridized carbons (Fsp3) is 0.632. The summed E-state index contributed by atoms with van der Waals surface area (Å²) in [7, 11) is 0. The summed E-state index contributed by atoms with van der Waals surface area (Å²) >= 11 is 0. The molecule has 0 bridgehead atoms. The highest BCUT2D eigenvalue weighted by Gasteiger charge is 2.21. The molecule has 132 valence electrons. The number of amides is 1. The van der Waals surface area contributed by atoms with Crippen molar-refractivity contribution in [2.24, 2.45) is 0 Å². The lowest BCUT2D eigenvalue weighted by molar-refractivity contribution is -0.134. The molecule has 1 unspecified atom stereocenters. The van der Waals surface area contributed by atoms with Crippen LogP contribution in [0.15, 0.2) is 24.3 Å². The van der Waals surface area contributed by atoms with Crippen LogP contribution in [0.2, 0.25) is 0 Å². The highest BCUT2D eigenvalue weighted by atomic mass is 16.5. The maximum Gasteiger partial charge on any atom is 0.250 e. The average Bonchev–Trinajstić information content (AvgIpc) is 2.89. The smallest absolute Gasteiger partial charge is 0.250 e. The zero-order chi connectivity index (χ0) is 16.6. The molecule has 0 saturated carbocycles. The average molecular weight is 331 g/mol. The molecule has 2 fully saturated rings. The number of nitrogens with one attached hydrogen (secondary N) is 2. The van der Waals surface area contributed by atoms with Crippen LogP contribution in [0.3, 0.4) is 0 Å². The predicted molar refractivity (Wildman–Crippen MR) is 94.6 cm³/mol. The number of hydrogen-bond acceptors (Lipinski definition) is 4. The Kier molecular flexibility index (Phi) is 6.64. The fourth-order valence-corrected chi connectivity index (χ4v) is 3.43.